The highest BCUT2D eigenvalue weighted by atomic mass is 16.7. The first-order valence-electron chi connectivity index (χ1n) is 8.98. The van der Waals surface area contributed by atoms with Gasteiger partial charge in [-0.15, -0.1) is 0 Å². The molecule has 0 aliphatic carbocycles. The van der Waals surface area contributed by atoms with Gasteiger partial charge in [-0.2, -0.15) is 5.10 Å². The van der Waals surface area contributed by atoms with Crippen LogP contribution in [-0.2, 0) is 4.79 Å². The molecule has 0 fully saturated rings. The predicted octanol–water partition coefficient (Wildman–Crippen LogP) is 3.28. The van der Waals surface area contributed by atoms with Gasteiger partial charge in [-0.3, -0.25) is 14.9 Å². The minimum Gasteiger partial charge on any atom is -0.483 e. The zero-order valence-electron chi connectivity index (χ0n) is 16.3. The fourth-order valence-electron chi connectivity index (χ4n) is 2.80. The Bertz CT molecular complexity index is 971. The Morgan fingerprint density at radius 2 is 2.03 bits per heavy atom. The minimum atomic E-state index is -0.556. The van der Waals surface area contributed by atoms with Crippen molar-refractivity contribution in [3.8, 4) is 17.2 Å². The van der Waals surface area contributed by atoms with E-state index in [0.717, 1.165) is 11.1 Å². The number of nitrogens with zero attached hydrogens (tertiary/aromatic N) is 2. The van der Waals surface area contributed by atoms with Crippen LogP contribution < -0.4 is 19.6 Å². The van der Waals surface area contributed by atoms with E-state index in [9.17, 15) is 14.9 Å². The zero-order chi connectivity index (χ0) is 21.0. The van der Waals surface area contributed by atoms with Crippen LogP contribution in [0.15, 0.2) is 35.4 Å². The van der Waals surface area contributed by atoms with Gasteiger partial charge in [-0.05, 0) is 36.1 Å². The number of benzene rings is 2. The average molecular weight is 399 g/mol. The lowest BCUT2D eigenvalue weighted by Gasteiger charge is -2.14. The highest BCUT2D eigenvalue weighted by Gasteiger charge is 2.22. The molecular formula is C20H21N3O6. The number of hydrogen-bond acceptors (Lipinski definition) is 7. The summed E-state index contributed by atoms with van der Waals surface area (Å²) in [4.78, 5) is 22.7. The van der Waals surface area contributed by atoms with Gasteiger partial charge in [0.15, 0.2) is 18.1 Å². The van der Waals surface area contributed by atoms with Crippen molar-refractivity contribution in [1.82, 2.24) is 5.43 Å². The van der Waals surface area contributed by atoms with E-state index in [1.54, 1.807) is 0 Å². The van der Waals surface area contributed by atoms with E-state index in [1.165, 1.54) is 18.3 Å². The maximum atomic E-state index is 12.1. The number of carbonyl (C=O) groups excluding carboxylic acids is 1. The van der Waals surface area contributed by atoms with Crippen molar-refractivity contribution < 1.29 is 23.9 Å². The Kier molecular flexibility index (Phi) is 5.96. The number of hydrogen-bond donors (Lipinski definition) is 1. The monoisotopic (exact) mass is 399 g/mol. The molecule has 1 aliphatic heterocycles. The molecule has 1 aliphatic rings. The van der Waals surface area contributed by atoms with Gasteiger partial charge < -0.3 is 14.2 Å². The number of rotatable bonds is 7. The fourth-order valence-corrected chi connectivity index (χ4v) is 2.80. The van der Waals surface area contributed by atoms with Crippen LogP contribution in [0, 0.1) is 17.0 Å². The van der Waals surface area contributed by atoms with Gasteiger partial charge in [-0.25, -0.2) is 5.43 Å². The van der Waals surface area contributed by atoms with E-state index >= 15 is 0 Å². The van der Waals surface area contributed by atoms with Gasteiger partial charge >= 0.3 is 0 Å². The summed E-state index contributed by atoms with van der Waals surface area (Å²) >= 11 is 0. The number of nitrogens with one attached hydrogen (secondary N) is 1. The maximum absolute atomic E-state index is 12.1. The first-order chi connectivity index (χ1) is 13.8. The van der Waals surface area contributed by atoms with Crippen molar-refractivity contribution in [1.29, 1.82) is 0 Å². The number of hydrazone groups is 1. The number of nitro benzene ring substituents is 1. The number of fused-ring (bicyclic) bond motifs is 1. The Morgan fingerprint density at radius 3 is 2.72 bits per heavy atom. The van der Waals surface area contributed by atoms with Crippen molar-refractivity contribution in [2.24, 2.45) is 5.10 Å². The summed E-state index contributed by atoms with van der Waals surface area (Å²) in [5, 5.41) is 15.0. The molecule has 1 N–H and O–H groups in total. The van der Waals surface area contributed by atoms with Crippen molar-refractivity contribution >= 4 is 17.8 Å². The lowest BCUT2D eigenvalue weighted by Crippen LogP contribution is -2.25. The van der Waals surface area contributed by atoms with E-state index in [4.69, 9.17) is 14.2 Å². The molecule has 1 amide bonds. The molecule has 0 bridgehead atoms. The highest BCUT2D eigenvalue weighted by molar-refractivity contribution is 5.88. The number of amides is 1. The van der Waals surface area contributed by atoms with Gasteiger partial charge in [0.25, 0.3) is 11.6 Å². The SMILES string of the molecule is Cc1ccc(C(C)C)c(OCC(=O)N/N=C/c2cc3c(cc2[N+](=O)[O-])OCO3)c1. The Hall–Kier alpha value is -3.62. The third-order valence-corrected chi connectivity index (χ3v) is 4.26. The molecule has 9 heteroatoms. The van der Waals surface area contributed by atoms with E-state index in [0.29, 0.717) is 17.2 Å². The number of aryl methyl sites for hydroxylation is 1. The molecule has 0 saturated carbocycles. The van der Waals surface area contributed by atoms with Crippen molar-refractivity contribution in [2.45, 2.75) is 26.7 Å². The number of ether oxygens (including phenoxy) is 3. The molecule has 0 radical (unpaired) electrons. The molecular weight excluding hydrogens is 378 g/mol. The molecule has 29 heavy (non-hydrogen) atoms. The molecule has 0 aromatic heterocycles. The Balaban J connectivity index is 1.64. The number of carbonyl (C=O) groups is 1. The van der Waals surface area contributed by atoms with Crippen molar-refractivity contribution in [3.63, 3.8) is 0 Å². The second-order valence-electron chi connectivity index (χ2n) is 6.80. The first-order valence-corrected chi connectivity index (χ1v) is 8.98. The first kappa shape index (κ1) is 20.1. The van der Waals surface area contributed by atoms with Crippen LogP contribution >= 0.6 is 0 Å². The van der Waals surface area contributed by atoms with E-state index < -0.39 is 10.8 Å². The molecule has 9 nitrogen and oxygen atoms in total. The summed E-state index contributed by atoms with van der Waals surface area (Å²) in [6.07, 6.45) is 1.18. The van der Waals surface area contributed by atoms with Gasteiger partial charge in [0.1, 0.15) is 5.75 Å². The van der Waals surface area contributed by atoms with Gasteiger partial charge in [0, 0.05) is 0 Å². The quantitative estimate of drug-likeness (QED) is 0.434. The summed E-state index contributed by atoms with van der Waals surface area (Å²) < 4.78 is 16.0. The molecule has 152 valence electrons. The van der Waals surface area contributed by atoms with Gasteiger partial charge in [0.2, 0.25) is 6.79 Å². The Morgan fingerprint density at radius 1 is 1.31 bits per heavy atom. The molecule has 1 heterocycles. The highest BCUT2D eigenvalue weighted by Crippen LogP contribution is 2.37. The summed E-state index contributed by atoms with van der Waals surface area (Å²) in [6, 6.07) is 8.55. The molecule has 0 saturated heterocycles. The second-order valence-corrected chi connectivity index (χ2v) is 6.80. The van der Waals surface area contributed by atoms with Crippen LogP contribution in [0.4, 0.5) is 5.69 Å². The standard InChI is InChI=1S/C20H21N3O6/c1-12(2)15-5-4-13(3)6-17(15)27-10-20(24)22-21-9-14-7-18-19(29-11-28-18)8-16(14)23(25)26/h4-9,12H,10-11H2,1-3H3,(H,22,24)/b21-9+. The summed E-state index contributed by atoms with van der Waals surface area (Å²) in [7, 11) is 0. The maximum Gasteiger partial charge on any atom is 0.282 e. The molecule has 2 aromatic carbocycles. The average Bonchev–Trinajstić information content (AvgIpc) is 3.12. The van der Waals surface area contributed by atoms with Crippen LogP contribution in [-0.4, -0.2) is 30.4 Å². The van der Waals surface area contributed by atoms with Crippen LogP contribution in [0.2, 0.25) is 0 Å². The summed E-state index contributed by atoms with van der Waals surface area (Å²) in [6.45, 7) is 5.79. The molecule has 2 aromatic rings. The van der Waals surface area contributed by atoms with Crippen molar-refractivity contribution in [2.75, 3.05) is 13.4 Å². The van der Waals surface area contributed by atoms with Gasteiger partial charge in [-0.1, -0.05) is 26.0 Å². The van der Waals surface area contributed by atoms with Crippen LogP contribution in [0.1, 0.15) is 36.5 Å². The molecule has 0 unspecified atom stereocenters. The molecule has 3 rings (SSSR count). The summed E-state index contributed by atoms with van der Waals surface area (Å²) in [5.74, 6) is 1.09. The third-order valence-electron chi connectivity index (χ3n) is 4.26. The Labute approximate surface area is 167 Å². The molecule has 0 atom stereocenters. The van der Waals surface area contributed by atoms with Crippen LogP contribution in [0.3, 0.4) is 0 Å². The van der Waals surface area contributed by atoms with E-state index in [-0.39, 0.29) is 30.6 Å². The molecule has 0 spiro atoms. The van der Waals surface area contributed by atoms with Crippen molar-refractivity contribution in [3.05, 3.63) is 57.1 Å². The lowest BCUT2D eigenvalue weighted by molar-refractivity contribution is -0.385. The van der Waals surface area contributed by atoms with E-state index in [1.807, 2.05) is 39.0 Å². The smallest absolute Gasteiger partial charge is 0.282 e. The number of nitro groups is 1. The topological polar surface area (TPSA) is 112 Å². The van der Waals surface area contributed by atoms with Crippen LogP contribution in [0.5, 0.6) is 17.2 Å². The third kappa shape index (κ3) is 4.81. The lowest BCUT2D eigenvalue weighted by atomic mass is 10.0. The minimum absolute atomic E-state index is 0.00150. The van der Waals surface area contributed by atoms with Gasteiger partial charge in [0.05, 0.1) is 22.8 Å². The van der Waals surface area contributed by atoms with E-state index in [2.05, 4.69) is 10.5 Å². The normalized spacial score (nSPS) is 12.4. The zero-order valence-corrected chi connectivity index (χ0v) is 16.3. The second kappa shape index (κ2) is 8.59. The fraction of sp³-hybridized carbons (Fsp3) is 0.300. The largest absolute Gasteiger partial charge is 0.483 e. The predicted molar refractivity (Wildman–Crippen MR) is 106 cm³/mol. The van der Waals surface area contributed by atoms with Crippen LogP contribution in [0.25, 0.3) is 0 Å². The summed E-state index contributed by atoms with van der Waals surface area (Å²) in [5.41, 5.74) is 4.32.